The van der Waals surface area contributed by atoms with E-state index in [2.05, 4.69) is 45.1 Å². The molecular formula is C15H23NO2. The van der Waals surface area contributed by atoms with E-state index < -0.39 is 0 Å². The molecule has 0 spiro atoms. The van der Waals surface area contributed by atoms with Crippen LogP contribution in [0.4, 0.5) is 0 Å². The van der Waals surface area contributed by atoms with Crippen molar-refractivity contribution in [3.63, 3.8) is 0 Å². The van der Waals surface area contributed by atoms with Gasteiger partial charge in [-0.1, -0.05) is 17.7 Å². The van der Waals surface area contributed by atoms with Crippen molar-refractivity contribution in [2.75, 3.05) is 19.8 Å². The molecule has 1 N–H and O–H groups in total. The summed E-state index contributed by atoms with van der Waals surface area (Å²) in [5, 5.41) is 3.46. The van der Waals surface area contributed by atoms with E-state index in [1.807, 2.05) is 6.07 Å². The lowest BCUT2D eigenvalue weighted by Crippen LogP contribution is -2.54. The maximum atomic E-state index is 5.83. The van der Waals surface area contributed by atoms with Crippen molar-refractivity contribution in [1.29, 1.82) is 0 Å². The van der Waals surface area contributed by atoms with Crippen molar-refractivity contribution in [3.05, 3.63) is 29.3 Å². The summed E-state index contributed by atoms with van der Waals surface area (Å²) in [6, 6.07) is 6.24. The highest BCUT2D eigenvalue weighted by Crippen LogP contribution is 2.19. The molecule has 1 unspecified atom stereocenters. The van der Waals surface area contributed by atoms with E-state index in [1.54, 1.807) is 0 Å². The zero-order valence-corrected chi connectivity index (χ0v) is 11.7. The van der Waals surface area contributed by atoms with E-state index in [0.717, 1.165) is 18.9 Å². The Kier molecular flexibility index (Phi) is 3.93. The standard InChI is InChI=1S/C15H23NO2/c1-11-5-6-14(12(2)7-11)17-9-13-8-16-15(3,4)10-18-13/h5-7,13,16H,8-10H2,1-4H3. The molecule has 18 heavy (non-hydrogen) atoms. The second kappa shape index (κ2) is 5.29. The van der Waals surface area contributed by atoms with Crippen molar-refractivity contribution in [1.82, 2.24) is 5.32 Å². The van der Waals surface area contributed by atoms with Crippen LogP contribution in [0.5, 0.6) is 5.75 Å². The topological polar surface area (TPSA) is 30.5 Å². The zero-order valence-electron chi connectivity index (χ0n) is 11.7. The molecule has 0 saturated carbocycles. The second-order valence-corrected chi connectivity index (χ2v) is 5.78. The van der Waals surface area contributed by atoms with Crippen LogP contribution in [0.3, 0.4) is 0 Å². The number of hydrogen-bond donors (Lipinski definition) is 1. The van der Waals surface area contributed by atoms with Gasteiger partial charge in [0.1, 0.15) is 18.5 Å². The summed E-state index contributed by atoms with van der Waals surface area (Å²) < 4.78 is 11.6. The molecule has 1 heterocycles. The van der Waals surface area contributed by atoms with Crippen LogP contribution in [0.1, 0.15) is 25.0 Å². The third-order valence-corrected chi connectivity index (χ3v) is 3.24. The number of aryl methyl sites for hydroxylation is 2. The minimum absolute atomic E-state index is 0.0796. The number of hydrogen-bond acceptors (Lipinski definition) is 3. The van der Waals surface area contributed by atoms with Crippen molar-refractivity contribution >= 4 is 0 Å². The van der Waals surface area contributed by atoms with Crippen molar-refractivity contribution in [2.45, 2.75) is 39.3 Å². The SMILES string of the molecule is Cc1ccc(OCC2CNC(C)(C)CO2)c(C)c1. The Hall–Kier alpha value is -1.06. The molecule has 1 aromatic rings. The third kappa shape index (κ3) is 3.47. The van der Waals surface area contributed by atoms with Gasteiger partial charge in [0.2, 0.25) is 0 Å². The fourth-order valence-corrected chi connectivity index (χ4v) is 2.08. The van der Waals surface area contributed by atoms with Gasteiger partial charge in [-0.2, -0.15) is 0 Å². The second-order valence-electron chi connectivity index (χ2n) is 5.78. The Morgan fingerprint density at radius 1 is 1.39 bits per heavy atom. The molecular weight excluding hydrogens is 226 g/mol. The number of ether oxygens (including phenoxy) is 2. The third-order valence-electron chi connectivity index (χ3n) is 3.24. The molecule has 1 saturated heterocycles. The lowest BCUT2D eigenvalue weighted by Gasteiger charge is -2.35. The maximum Gasteiger partial charge on any atom is 0.122 e. The molecule has 1 aliphatic heterocycles. The van der Waals surface area contributed by atoms with Gasteiger partial charge in [0.25, 0.3) is 0 Å². The monoisotopic (exact) mass is 249 g/mol. The number of benzene rings is 1. The van der Waals surface area contributed by atoms with Crippen LogP contribution >= 0.6 is 0 Å². The van der Waals surface area contributed by atoms with E-state index in [-0.39, 0.29) is 11.6 Å². The molecule has 1 atom stereocenters. The Morgan fingerprint density at radius 2 is 2.17 bits per heavy atom. The summed E-state index contributed by atoms with van der Waals surface area (Å²) in [4.78, 5) is 0. The molecule has 1 aliphatic rings. The molecule has 0 radical (unpaired) electrons. The average molecular weight is 249 g/mol. The number of nitrogens with one attached hydrogen (secondary N) is 1. The summed E-state index contributed by atoms with van der Waals surface area (Å²) in [7, 11) is 0. The molecule has 1 fully saturated rings. The van der Waals surface area contributed by atoms with Crippen LogP contribution in [0, 0.1) is 13.8 Å². The van der Waals surface area contributed by atoms with Crippen LogP contribution in [0.2, 0.25) is 0 Å². The summed E-state index contributed by atoms with van der Waals surface area (Å²) in [6.07, 6.45) is 0.138. The largest absolute Gasteiger partial charge is 0.491 e. The highest BCUT2D eigenvalue weighted by molar-refractivity contribution is 5.35. The minimum atomic E-state index is 0.0796. The van der Waals surface area contributed by atoms with Gasteiger partial charge < -0.3 is 14.8 Å². The first-order valence-electron chi connectivity index (χ1n) is 6.53. The van der Waals surface area contributed by atoms with Gasteiger partial charge in [0.05, 0.1) is 6.61 Å². The van der Waals surface area contributed by atoms with Gasteiger partial charge >= 0.3 is 0 Å². The molecule has 0 amide bonds. The first-order valence-corrected chi connectivity index (χ1v) is 6.53. The molecule has 100 valence electrons. The van der Waals surface area contributed by atoms with Crippen LogP contribution in [0.15, 0.2) is 18.2 Å². The van der Waals surface area contributed by atoms with Gasteiger partial charge in [0, 0.05) is 12.1 Å². The van der Waals surface area contributed by atoms with Crippen LogP contribution < -0.4 is 10.1 Å². The average Bonchev–Trinajstić information content (AvgIpc) is 2.29. The first-order chi connectivity index (χ1) is 8.46. The van der Waals surface area contributed by atoms with Gasteiger partial charge in [-0.25, -0.2) is 0 Å². The van der Waals surface area contributed by atoms with E-state index in [1.165, 1.54) is 11.1 Å². The van der Waals surface area contributed by atoms with E-state index >= 15 is 0 Å². The summed E-state index contributed by atoms with van der Waals surface area (Å²) in [5.74, 6) is 0.953. The summed E-state index contributed by atoms with van der Waals surface area (Å²) in [5.41, 5.74) is 2.52. The molecule has 0 aromatic heterocycles. The lowest BCUT2D eigenvalue weighted by molar-refractivity contribution is -0.0412. The van der Waals surface area contributed by atoms with Crippen molar-refractivity contribution in [2.24, 2.45) is 0 Å². The van der Waals surface area contributed by atoms with Gasteiger partial charge in [-0.3, -0.25) is 0 Å². The smallest absolute Gasteiger partial charge is 0.122 e. The van der Waals surface area contributed by atoms with Crippen LogP contribution in [-0.2, 0) is 4.74 Å². The Balaban J connectivity index is 1.85. The Bertz CT molecular complexity index is 405. The molecule has 3 heteroatoms. The van der Waals surface area contributed by atoms with Crippen molar-refractivity contribution in [3.8, 4) is 5.75 Å². The van der Waals surface area contributed by atoms with Gasteiger partial charge in [-0.15, -0.1) is 0 Å². The van der Waals surface area contributed by atoms with Gasteiger partial charge in [-0.05, 0) is 39.3 Å². The minimum Gasteiger partial charge on any atom is -0.491 e. The predicted molar refractivity (Wildman–Crippen MR) is 73.2 cm³/mol. The summed E-state index contributed by atoms with van der Waals surface area (Å²) in [6.45, 7) is 10.6. The zero-order chi connectivity index (χ0) is 13.2. The van der Waals surface area contributed by atoms with E-state index in [9.17, 15) is 0 Å². The van der Waals surface area contributed by atoms with Crippen LogP contribution in [0.25, 0.3) is 0 Å². The fraction of sp³-hybridized carbons (Fsp3) is 0.600. The summed E-state index contributed by atoms with van der Waals surface area (Å²) >= 11 is 0. The maximum absolute atomic E-state index is 5.83. The predicted octanol–water partition coefficient (Wildman–Crippen LogP) is 2.45. The molecule has 3 nitrogen and oxygen atoms in total. The Labute approximate surface area is 109 Å². The fourth-order valence-electron chi connectivity index (χ4n) is 2.08. The lowest BCUT2D eigenvalue weighted by atomic mass is 10.1. The van der Waals surface area contributed by atoms with E-state index in [0.29, 0.717) is 6.61 Å². The molecule has 0 aliphatic carbocycles. The molecule has 0 bridgehead atoms. The normalized spacial score (nSPS) is 22.8. The number of morpholine rings is 1. The molecule has 1 aromatic carbocycles. The Morgan fingerprint density at radius 3 is 2.78 bits per heavy atom. The van der Waals surface area contributed by atoms with E-state index in [4.69, 9.17) is 9.47 Å². The van der Waals surface area contributed by atoms with Gasteiger partial charge in [0.15, 0.2) is 0 Å². The number of rotatable bonds is 3. The quantitative estimate of drug-likeness (QED) is 0.892. The van der Waals surface area contributed by atoms with Crippen LogP contribution in [-0.4, -0.2) is 31.4 Å². The highest BCUT2D eigenvalue weighted by Gasteiger charge is 2.27. The first kappa shape index (κ1) is 13.4. The highest BCUT2D eigenvalue weighted by atomic mass is 16.5. The molecule has 2 rings (SSSR count). The van der Waals surface area contributed by atoms with Crippen molar-refractivity contribution < 1.29 is 9.47 Å².